The third-order valence-electron chi connectivity index (χ3n) is 5.51. The van der Waals surface area contributed by atoms with Crippen molar-refractivity contribution in [3.05, 3.63) is 77.0 Å². The van der Waals surface area contributed by atoms with Gasteiger partial charge in [-0.05, 0) is 49.3 Å². The van der Waals surface area contributed by atoms with Crippen LogP contribution in [0.25, 0.3) is 0 Å². The number of anilines is 1. The average molecular weight is 442 g/mol. The number of fused-ring (bicyclic) bond motifs is 1. The molecule has 0 aliphatic carbocycles. The number of halogens is 1. The van der Waals surface area contributed by atoms with Gasteiger partial charge in [0.25, 0.3) is 0 Å². The maximum atomic E-state index is 12.6. The third kappa shape index (κ3) is 6.47. The number of hydrogen-bond acceptors (Lipinski definition) is 5. The number of hydrazine groups is 1. The summed E-state index contributed by atoms with van der Waals surface area (Å²) < 4.78 is 0. The molecule has 0 aromatic heterocycles. The first-order valence-electron chi connectivity index (χ1n) is 10.6. The Morgan fingerprint density at radius 1 is 1.10 bits per heavy atom. The molecule has 0 radical (unpaired) electrons. The maximum absolute atomic E-state index is 12.6. The van der Waals surface area contributed by atoms with Gasteiger partial charge in [-0.15, -0.1) is 0 Å². The Morgan fingerprint density at radius 3 is 2.45 bits per heavy atom. The van der Waals surface area contributed by atoms with Gasteiger partial charge in [0.2, 0.25) is 5.91 Å². The molecule has 1 heterocycles. The van der Waals surface area contributed by atoms with E-state index in [1.54, 1.807) is 0 Å². The highest BCUT2D eigenvalue weighted by Crippen LogP contribution is 2.26. The Balaban J connectivity index is 1.64. The van der Waals surface area contributed by atoms with E-state index in [0.29, 0.717) is 18.1 Å². The van der Waals surface area contributed by atoms with Crippen LogP contribution in [0.2, 0.25) is 5.02 Å². The molecule has 0 unspecified atom stereocenters. The molecule has 1 aliphatic rings. The van der Waals surface area contributed by atoms with Gasteiger partial charge in [0.05, 0.1) is 13.1 Å². The van der Waals surface area contributed by atoms with Crippen LogP contribution in [0.5, 0.6) is 0 Å². The molecule has 166 valence electrons. The van der Waals surface area contributed by atoms with Crippen LogP contribution in [0, 0.1) is 0 Å². The van der Waals surface area contributed by atoms with Crippen LogP contribution in [0.3, 0.4) is 0 Å². The Hall–Kier alpha value is -2.54. The van der Waals surface area contributed by atoms with Crippen molar-refractivity contribution in [1.82, 2.24) is 20.7 Å². The average Bonchev–Trinajstić information content (AvgIpc) is 3.20. The van der Waals surface area contributed by atoms with Crippen molar-refractivity contribution < 1.29 is 4.79 Å². The smallest absolute Gasteiger partial charge is 0.239 e. The zero-order valence-corrected chi connectivity index (χ0v) is 19.2. The normalized spacial score (nSPS) is 13.0. The number of nitrogens with one attached hydrogen (secondary N) is 2. The highest BCUT2D eigenvalue weighted by Gasteiger charge is 2.23. The van der Waals surface area contributed by atoms with Crippen LogP contribution < -0.4 is 15.5 Å². The summed E-state index contributed by atoms with van der Waals surface area (Å²) in [5.74, 6) is -0.0138. The van der Waals surface area contributed by atoms with E-state index >= 15 is 0 Å². The number of amides is 1. The fourth-order valence-corrected chi connectivity index (χ4v) is 3.87. The topological polar surface area (TPSA) is 50.9 Å². The molecular formula is C24H32ClN5O. The van der Waals surface area contributed by atoms with E-state index in [9.17, 15) is 4.79 Å². The lowest BCUT2D eigenvalue weighted by molar-refractivity contribution is -0.119. The van der Waals surface area contributed by atoms with Gasteiger partial charge < -0.3 is 20.5 Å². The first-order valence-corrected chi connectivity index (χ1v) is 11.0. The molecule has 1 aliphatic heterocycles. The van der Waals surface area contributed by atoms with Crippen molar-refractivity contribution in [1.29, 1.82) is 0 Å². The minimum Gasteiger partial charge on any atom is -0.356 e. The van der Waals surface area contributed by atoms with E-state index in [4.69, 9.17) is 11.6 Å². The highest BCUT2D eigenvalue weighted by atomic mass is 35.5. The van der Waals surface area contributed by atoms with Crippen molar-refractivity contribution in [2.75, 3.05) is 45.2 Å². The molecule has 2 aromatic rings. The number of benzene rings is 2. The van der Waals surface area contributed by atoms with Crippen molar-refractivity contribution in [2.45, 2.75) is 19.5 Å². The first kappa shape index (κ1) is 23.1. The fourth-order valence-electron chi connectivity index (χ4n) is 3.68. The van der Waals surface area contributed by atoms with Gasteiger partial charge in [0.15, 0.2) is 0 Å². The summed E-state index contributed by atoms with van der Waals surface area (Å²) >= 11 is 6.22. The lowest BCUT2D eigenvalue weighted by Crippen LogP contribution is -2.43. The van der Waals surface area contributed by atoms with Crippen LogP contribution in [0.1, 0.15) is 17.5 Å². The van der Waals surface area contributed by atoms with Crippen molar-refractivity contribution in [2.24, 2.45) is 0 Å². The van der Waals surface area contributed by atoms with Gasteiger partial charge in [-0.25, -0.2) is 5.01 Å². The number of rotatable bonds is 11. The van der Waals surface area contributed by atoms with E-state index < -0.39 is 0 Å². The lowest BCUT2D eigenvalue weighted by Gasteiger charge is -2.34. The van der Waals surface area contributed by atoms with Gasteiger partial charge in [-0.2, -0.15) is 0 Å². The zero-order chi connectivity index (χ0) is 22.2. The van der Waals surface area contributed by atoms with Crippen molar-refractivity contribution in [3.8, 4) is 0 Å². The molecule has 6 nitrogen and oxygen atoms in total. The Morgan fingerprint density at radius 2 is 1.81 bits per heavy atom. The summed E-state index contributed by atoms with van der Waals surface area (Å²) in [5, 5.41) is 11.1. The van der Waals surface area contributed by atoms with Crippen LogP contribution in [0.4, 0.5) is 5.69 Å². The van der Waals surface area contributed by atoms with E-state index in [0.717, 1.165) is 37.4 Å². The molecule has 0 fully saturated rings. The molecule has 0 saturated heterocycles. The summed E-state index contributed by atoms with van der Waals surface area (Å²) in [7, 11) is 3.94. The molecule has 2 N–H and O–H groups in total. The second-order valence-corrected chi connectivity index (χ2v) is 8.26. The van der Waals surface area contributed by atoms with Gasteiger partial charge in [-0.1, -0.05) is 48.5 Å². The van der Waals surface area contributed by atoms with E-state index in [-0.39, 0.29) is 12.5 Å². The number of carbonyl (C=O) groups is 1. The summed E-state index contributed by atoms with van der Waals surface area (Å²) in [6, 6.07) is 16.1. The number of likely N-dealkylation sites (N-methyl/N-ethyl adjacent to an activating group) is 1. The van der Waals surface area contributed by atoms with Crippen LogP contribution in [-0.4, -0.2) is 56.2 Å². The second kappa shape index (κ2) is 11.2. The predicted molar refractivity (Wildman–Crippen MR) is 128 cm³/mol. The first-order chi connectivity index (χ1) is 15.0. The van der Waals surface area contributed by atoms with Gasteiger partial charge in [0, 0.05) is 43.1 Å². The Bertz CT molecular complexity index is 878. The minimum atomic E-state index is -0.0138. The second-order valence-electron chi connectivity index (χ2n) is 7.82. The molecule has 31 heavy (non-hydrogen) atoms. The van der Waals surface area contributed by atoms with Crippen LogP contribution in [0.15, 0.2) is 60.8 Å². The minimum absolute atomic E-state index is 0.0138. The predicted octanol–water partition coefficient (Wildman–Crippen LogP) is 3.25. The number of nitrogens with zero attached hydrogens (tertiary/aromatic N) is 3. The Kier molecular flexibility index (Phi) is 8.35. The van der Waals surface area contributed by atoms with Crippen molar-refractivity contribution >= 4 is 23.2 Å². The summed E-state index contributed by atoms with van der Waals surface area (Å²) in [5.41, 5.74) is 4.50. The third-order valence-corrected chi connectivity index (χ3v) is 5.75. The molecular weight excluding hydrogens is 410 g/mol. The Labute approximate surface area is 190 Å². The highest BCUT2D eigenvalue weighted by molar-refractivity contribution is 6.30. The molecule has 2 aromatic carbocycles. The van der Waals surface area contributed by atoms with Crippen molar-refractivity contribution in [3.63, 3.8) is 0 Å². The quantitative estimate of drug-likeness (QED) is 0.524. The summed E-state index contributed by atoms with van der Waals surface area (Å²) in [4.78, 5) is 14.6. The van der Waals surface area contributed by atoms with Gasteiger partial charge in [0.1, 0.15) is 0 Å². The molecule has 0 spiro atoms. The van der Waals surface area contributed by atoms with Crippen LogP contribution in [-0.2, 0) is 17.9 Å². The SMILES string of the molecule is C=C(CN(CC(=O)NCCCNC)c1cccc(Cl)c1)N(C)N1Cc2ccccc2C1. The van der Waals surface area contributed by atoms with Gasteiger partial charge in [-0.3, -0.25) is 4.79 Å². The molecule has 0 atom stereocenters. The lowest BCUT2D eigenvalue weighted by atomic mass is 10.1. The standard InChI is InChI=1S/C24H32ClN5O/c1-19(28(3)30-16-20-8-4-5-9-21(20)17-30)15-29(23-11-6-10-22(25)14-23)18-24(31)27-13-7-12-26-2/h4-6,8-11,14,26H,1,7,12-13,15-18H2,2-3H3,(H,27,31). The van der Waals surface area contributed by atoms with Crippen LogP contribution >= 0.6 is 11.6 Å². The maximum Gasteiger partial charge on any atom is 0.239 e. The largest absolute Gasteiger partial charge is 0.356 e. The molecule has 3 rings (SSSR count). The molecule has 0 saturated carbocycles. The fraction of sp³-hybridized carbons (Fsp3) is 0.375. The van der Waals surface area contributed by atoms with E-state index in [2.05, 4.69) is 51.5 Å². The zero-order valence-electron chi connectivity index (χ0n) is 18.4. The summed E-state index contributed by atoms with van der Waals surface area (Å²) in [6.07, 6.45) is 0.893. The van der Waals surface area contributed by atoms with Gasteiger partial charge >= 0.3 is 0 Å². The monoisotopic (exact) mass is 441 g/mol. The number of carbonyl (C=O) groups excluding carboxylic acids is 1. The number of hydrogen-bond donors (Lipinski definition) is 2. The molecule has 7 heteroatoms. The molecule has 0 bridgehead atoms. The summed E-state index contributed by atoms with van der Waals surface area (Å²) in [6.45, 7) is 8.31. The molecule has 1 amide bonds. The van der Waals surface area contributed by atoms with E-state index in [1.165, 1.54) is 11.1 Å². The van der Waals surface area contributed by atoms with E-state index in [1.807, 2.05) is 43.3 Å².